The monoisotopic (exact) mass is 319 g/mol. The van der Waals surface area contributed by atoms with Gasteiger partial charge in [-0.2, -0.15) is 0 Å². The molecule has 23 heavy (non-hydrogen) atoms. The topological polar surface area (TPSA) is 41.9 Å². The zero-order chi connectivity index (χ0) is 15.9. The summed E-state index contributed by atoms with van der Waals surface area (Å²) in [5.74, 6) is 0.581. The van der Waals surface area contributed by atoms with Gasteiger partial charge in [-0.25, -0.2) is 0 Å². The van der Waals surface area contributed by atoms with E-state index >= 15 is 0 Å². The Balaban J connectivity index is 1.40. The van der Waals surface area contributed by atoms with Gasteiger partial charge in [0.2, 0.25) is 0 Å². The molecule has 0 aliphatic carbocycles. The number of aliphatic hydroxyl groups excluding tert-OH is 1. The number of rotatable bonds is 6. The molecular weight excluding hydrogens is 290 g/mol. The van der Waals surface area contributed by atoms with Crippen molar-refractivity contribution in [3.8, 4) is 0 Å². The van der Waals surface area contributed by atoms with Crippen LogP contribution in [0, 0.1) is 0 Å². The van der Waals surface area contributed by atoms with Crippen molar-refractivity contribution in [1.29, 1.82) is 0 Å². The van der Waals surface area contributed by atoms with E-state index in [0.29, 0.717) is 5.92 Å². The minimum Gasteiger partial charge on any atom is -0.392 e. The van der Waals surface area contributed by atoms with Gasteiger partial charge in [-0.15, -0.1) is 0 Å². The number of aliphatic hydroxyl groups is 1. The van der Waals surface area contributed by atoms with E-state index in [2.05, 4.69) is 17.0 Å². The molecule has 128 valence electrons. The van der Waals surface area contributed by atoms with E-state index in [-0.39, 0.29) is 12.9 Å². The van der Waals surface area contributed by atoms with E-state index in [9.17, 15) is 5.11 Å². The first-order valence-electron chi connectivity index (χ1n) is 9.01. The van der Waals surface area contributed by atoms with Crippen molar-refractivity contribution < 1.29 is 14.6 Å². The number of benzene rings is 1. The van der Waals surface area contributed by atoms with Gasteiger partial charge in [0.1, 0.15) is 0 Å². The second-order valence-electron chi connectivity index (χ2n) is 6.64. The number of piperidine rings is 1. The predicted molar refractivity (Wildman–Crippen MR) is 90.3 cm³/mol. The molecule has 0 amide bonds. The molecule has 0 radical (unpaired) electrons. The zero-order valence-electron chi connectivity index (χ0n) is 14.0. The fourth-order valence-electron chi connectivity index (χ4n) is 3.70. The third-order valence-corrected chi connectivity index (χ3v) is 5.10. The fourth-order valence-corrected chi connectivity index (χ4v) is 3.70. The predicted octanol–water partition coefficient (Wildman–Crippen LogP) is 2.90. The summed E-state index contributed by atoms with van der Waals surface area (Å²) in [7, 11) is 0. The first-order valence-corrected chi connectivity index (χ1v) is 9.01. The normalized spacial score (nSPS) is 24.0. The Morgan fingerprint density at radius 2 is 1.96 bits per heavy atom. The van der Waals surface area contributed by atoms with Crippen molar-refractivity contribution in [1.82, 2.24) is 4.90 Å². The molecule has 3 rings (SSSR count). The molecule has 0 aromatic heterocycles. The number of hydrogen-bond donors (Lipinski definition) is 1. The molecule has 1 aromatic carbocycles. The molecular formula is C19H29NO3. The third-order valence-electron chi connectivity index (χ3n) is 5.10. The van der Waals surface area contributed by atoms with Crippen LogP contribution in [0.2, 0.25) is 0 Å². The maximum Gasteiger partial charge on any atom is 0.157 e. The molecule has 1 atom stereocenters. The maximum absolute atomic E-state index is 9.50. The highest BCUT2D eigenvalue weighted by Gasteiger charge is 2.22. The Morgan fingerprint density at radius 3 is 2.70 bits per heavy atom. The Labute approximate surface area is 139 Å². The van der Waals surface area contributed by atoms with E-state index in [1.807, 2.05) is 12.1 Å². The minimum absolute atomic E-state index is 0.0257. The van der Waals surface area contributed by atoms with Gasteiger partial charge in [0.25, 0.3) is 0 Å². The quantitative estimate of drug-likeness (QED) is 0.875. The van der Waals surface area contributed by atoms with E-state index in [1.165, 1.54) is 18.4 Å². The number of nitrogens with zero attached hydrogens (tertiary/aromatic N) is 1. The molecule has 4 heteroatoms. The Kier molecular flexibility index (Phi) is 6.46. The van der Waals surface area contributed by atoms with Crippen LogP contribution in [-0.4, -0.2) is 49.1 Å². The summed E-state index contributed by atoms with van der Waals surface area (Å²) >= 11 is 0. The first-order chi connectivity index (χ1) is 11.4. The molecule has 0 spiro atoms. The molecule has 1 aromatic rings. The Bertz CT molecular complexity index is 465. The van der Waals surface area contributed by atoms with Crippen LogP contribution in [0.15, 0.2) is 24.3 Å². The van der Waals surface area contributed by atoms with Gasteiger partial charge in [-0.3, -0.25) is 0 Å². The third kappa shape index (κ3) is 4.77. The van der Waals surface area contributed by atoms with Crippen molar-refractivity contribution in [3.63, 3.8) is 0 Å². The number of ether oxygens (including phenoxy) is 2. The lowest BCUT2D eigenvalue weighted by atomic mass is 9.86. The second-order valence-corrected chi connectivity index (χ2v) is 6.64. The van der Waals surface area contributed by atoms with Gasteiger partial charge in [0.05, 0.1) is 13.2 Å². The van der Waals surface area contributed by atoms with Crippen LogP contribution in [0.25, 0.3) is 0 Å². The zero-order valence-corrected chi connectivity index (χ0v) is 14.0. The van der Waals surface area contributed by atoms with Crippen LogP contribution in [0.4, 0.5) is 0 Å². The van der Waals surface area contributed by atoms with Gasteiger partial charge in [0.15, 0.2) is 6.29 Å². The fraction of sp³-hybridized carbons (Fsp3) is 0.684. The first kappa shape index (κ1) is 16.9. The average Bonchev–Trinajstić information content (AvgIpc) is 2.63. The highest BCUT2D eigenvalue weighted by molar-refractivity contribution is 5.30. The maximum atomic E-state index is 9.50. The summed E-state index contributed by atoms with van der Waals surface area (Å²) in [6, 6.07) is 8.31. The molecule has 0 unspecified atom stereocenters. The molecule has 4 nitrogen and oxygen atoms in total. The summed E-state index contributed by atoms with van der Waals surface area (Å²) in [5.41, 5.74) is 2.42. The Hall–Kier alpha value is -0.940. The van der Waals surface area contributed by atoms with Gasteiger partial charge < -0.3 is 19.5 Å². The van der Waals surface area contributed by atoms with E-state index in [1.54, 1.807) is 0 Å². The van der Waals surface area contributed by atoms with Crippen LogP contribution in [-0.2, 0) is 16.1 Å². The summed E-state index contributed by atoms with van der Waals surface area (Å²) in [5, 5.41) is 9.50. The molecule has 2 fully saturated rings. The lowest BCUT2D eigenvalue weighted by Crippen LogP contribution is -2.36. The van der Waals surface area contributed by atoms with Crippen LogP contribution in [0.3, 0.4) is 0 Å². The minimum atomic E-state index is 0.0257. The number of likely N-dealkylation sites (tertiary alicyclic amines) is 1. The molecule has 0 saturated carbocycles. The molecule has 1 N–H and O–H groups in total. The van der Waals surface area contributed by atoms with Gasteiger partial charge in [-0.05, 0) is 62.2 Å². The van der Waals surface area contributed by atoms with Gasteiger partial charge >= 0.3 is 0 Å². The molecule has 2 saturated heterocycles. The van der Waals surface area contributed by atoms with E-state index in [4.69, 9.17) is 9.47 Å². The summed E-state index contributed by atoms with van der Waals surface area (Å²) in [6.07, 6.45) is 5.79. The van der Waals surface area contributed by atoms with Crippen LogP contribution >= 0.6 is 0 Å². The number of hydrogen-bond acceptors (Lipinski definition) is 4. The van der Waals surface area contributed by atoms with Crippen molar-refractivity contribution in [2.45, 2.75) is 50.9 Å². The van der Waals surface area contributed by atoms with Gasteiger partial charge in [0, 0.05) is 13.2 Å². The van der Waals surface area contributed by atoms with Crippen LogP contribution in [0.5, 0.6) is 0 Å². The smallest absolute Gasteiger partial charge is 0.157 e. The van der Waals surface area contributed by atoms with Gasteiger partial charge in [-0.1, -0.05) is 24.3 Å². The lowest BCUT2D eigenvalue weighted by molar-refractivity contribution is -0.164. The molecule has 0 bridgehead atoms. The SMILES string of the molecule is OCc1ccccc1C1CCN(CCO[C@@H]2CCCCO2)CC1. The van der Waals surface area contributed by atoms with Crippen molar-refractivity contribution in [2.24, 2.45) is 0 Å². The second kappa shape index (κ2) is 8.78. The highest BCUT2D eigenvalue weighted by atomic mass is 16.7. The van der Waals surface area contributed by atoms with E-state index < -0.39 is 0 Å². The summed E-state index contributed by atoms with van der Waals surface area (Å²) in [6.45, 7) is 4.97. The van der Waals surface area contributed by atoms with E-state index in [0.717, 1.165) is 57.7 Å². The molecule has 2 aliphatic heterocycles. The van der Waals surface area contributed by atoms with Crippen molar-refractivity contribution in [2.75, 3.05) is 32.8 Å². The summed E-state index contributed by atoms with van der Waals surface area (Å²) < 4.78 is 11.4. The molecule has 2 heterocycles. The standard InChI is InChI=1S/C19H29NO3/c21-15-17-5-1-2-6-18(17)16-8-10-20(11-9-16)12-14-23-19-7-3-4-13-22-19/h1-2,5-6,16,19,21H,3-4,7-15H2/t19-/m1/s1. The van der Waals surface area contributed by atoms with Crippen molar-refractivity contribution >= 4 is 0 Å². The molecule has 2 aliphatic rings. The Morgan fingerprint density at radius 1 is 1.13 bits per heavy atom. The largest absolute Gasteiger partial charge is 0.392 e. The summed E-state index contributed by atoms with van der Waals surface area (Å²) in [4.78, 5) is 2.49. The van der Waals surface area contributed by atoms with Crippen molar-refractivity contribution in [3.05, 3.63) is 35.4 Å². The average molecular weight is 319 g/mol. The van der Waals surface area contributed by atoms with Crippen LogP contribution in [0.1, 0.15) is 49.1 Å². The van der Waals surface area contributed by atoms with Crippen LogP contribution < -0.4 is 0 Å². The lowest BCUT2D eigenvalue weighted by Gasteiger charge is -2.33. The highest BCUT2D eigenvalue weighted by Crippen LogP contribution is 2.30.